The van der Waals surface area contributed by atoms with Crippen molar-refractivity contribution in [3.8, 4) is 11.3 Å². The average Bonchev–Trinajstić information content (AvgIpc) is 2.88. The van der Waals surface area contributed by atoms with Crippen molar-refractivity contribution in [1.82, 2.24) is 9.38 Å². The normalized spacial score (nSPS) is 11.4. The first-order chi connectivity index (χ1) is 9.52. The monoisotopic (exact) mass is 285 g/mol. The summed E-state index contributed by atoms with van der Waals surface area (Å²) in [7, 11) is 0. The molecule has 20 heavy (non-hydrogen) atoms. The predicted octanol–water partition coefficient (Wildman–Crippen LogP) is 4.13. The van der Waals surface area contributed by atoms with Crippen molar-refractivity contribution in [1.29, 1.82) is 0 Å². The van der Waals surface area contributed by atoms with E-state index in [2.05, 4.69) is 48.4 Å². The molecule has 3 rings (SSSR count). The Hall–Kier alpha value is -1.81. The largest absolute Gasteiger partial charge is 0.383 e. The van der Waals surface area contributed by atoms with Gasteiger partial charge in [0.05, 0.1) is 11.4 Å². The highest BCUT2D eigenvalue weighted by molar-refractivity contribution is 7.17. The van der Waals surface area contributed by atoms with Gasteiger partial charge in [0.25, 0.3) is 0 Å². The number of thiazole rings is 1. The Morgan fingerprint density at radius 2 is 2.00 bits per heavy atom. The fraction of sp³-hybridized carbons (Fsp3) is 0.312. The summed E-state index contributed by atoms with van der Waals surface area (Å²) >= 11 is 1.74. The lowest BCUT2D eigenvalue weighted by atomic mass is 10.0. The summed E-state index contributed by atoms with van der Waals surface area (Å²) in [5, 5.41) is 0. The van der Waals surface area contributed by atoms with Crippen LogP contribution in [0.3, 0.4) is 0 Å². The van der Waals surface area contributed by atoms with Crippen LogP contribution in [-0.4, -0.2) is 9.38 Å². The maximum absolute atomic E-state index is 6.23. The van der Waals surface area contributed by atoms with Crippen LogP contribution < -0.4 is 5.73 Å². The van der Waals surface area contributed by atoms with Crippen LogP contribution in [0.1, 0.15) is 28.6 Å². The second-order valence-corrected chi connectivity index (χ2v) is 6.31. The molecule has 104 valence electrons. The average molecular weight is 285 g/mol. The van der Waals surface area contributed by atoms with Gasteiger partial charge in [0.2, 0.25) is 0 Å². The van der Waals surface area contributed by atoms with Gasteiger partial charge in [-0.1, -0.05) is 30.7 Å². The topological polar surface area (TPSA) is 43.3 Å². The number of fused-ring (bicyclic) bond motifs is 1. The first kappa shape index (κ1) is 13.2. The summed E-state index contributed by atoms with van der Waals surface area (Å²) in [4.78, 5) is 6.90. The molecule has 2 heterocycles. The second-order valence-electron chi connectivity index (χ2n) is 5.25. The van der Waals surface area contributed by atoms with Crippen LogP contribution >= 0.6 is 11.3 Å². The van der Waals surface area contributed by atoms with E-state index in [1.54, 1.807) is 11.3 Å². The SMILES string of the molecule is CCc1sc2nc(C)c(N)n2c1-c1ccc(C)cc1C. The molecule has 2 N–H and O–H groups in total. The minimum atomic E-state index is 0.755. The molecule has 0 aliphatic rings. The van der Waals surface area contributed by atoms with Crippen LogP contribution in [0, 0.1) is 20.8 Å². The third kappa shape index (κ3) is 1.83. The van der Waals surface area contributed by atoms with E-state index >= 15 is 0 Å². The zero-order chi connectivity index (χ0) is 14.4. The van der Waals surface area contributed by atoms with E-state index < -0.39 is 0 Å². The molecule has 0 aliphatic carbocycles. The number of aromatic nitrogens is 2. The predicted molar refractivity (Wildman–Crippen MR) is 86.5 cm³/mol. The molecule has 0 fully saturated rings. The lowest BCUT2D eigenvalue weighted by Gasteiger charge is -2.09. The van der Waals surface area contributed by atoms with Gasteiger partial charge in [-0.25, -0.2) is 4.98 Å². The Morgan fingerprint density at radius 3 is 2.65 bits per heavy atom. The van der Waals surface area contributed by atoms with Crippen molar-refractivity contribution in [3.05, 3.63) is 39.9 Å². The van der Waals surface area contributed by atoms with Crippen LogP contribution in [0.25, 0.3) is 16.2 Å². The molecule has 3 nitrogen and oxygen atoms in total. The molecule has 0 atom stereocenters. The van der Waals surface area contributed by atoms with Gasteiger partial charge in [-0.05, 0) is 32.8 Å². The third-order valence-electron chi connectivity index (χ3n) is 3.73. The highest BCUT2D eigenvalue weighted by Crippen LogP contribution is 2.36. The second kappa shape index (κ2) is 4.63. The number of nitrogen functional groups attached to an aromatic ring is 1. The summed E-state index contributed by atoms with van der Waals surface area (Å²) < 4.78 is 2.11. The highest BCUT2D eigenvalue weighted by Gasteiger charge is 2.19. The molecule has 0 unspecified atom stereocenters. The number of nitrogens with two attached hydrogens (primary N) is 1. The smallest absolute Gasteiger partial charge is 0.196 e. The van der Waals surface area contributed by atoms with E-state index in [1.165, 1.54) is 27.3 Å². The summed E-state index contributed by atoms with van der Waals surface area (Å²) in [6, 6.07) is 6.57. The van der Waals surface area contributed by atoms with E-state index in [-0.39, 0.29) is 0 Å². The number of anilines is 1. The van der Waals surface area contributed by atoms with Gasteiger partial charge in [0.15, 0.2) is 4.96 Å². The summed E-state index contributed by atoms with van der Waals surface area (Å²) in [6.07, 6.45) is 0.995. The molecule has 1 aromatic carbocycles. The lowest BCUT2D eigenvalue weighted by molar-refractivity contribution is 1.13. The highest BCUT2D eigenvalue weighted by atomic mass is 32.1. The molecular weight excluding hydrogens is 266 g/mol. The molecule has 0 radical (unpaired) electrons. The quantitative estimate of drug-likeness (QED) is 0.769. The van der Waals surface area contributed by atoms with Crippen molar-refractivity contribution < 1.29 is 0 Å². The van der Waals surface area contributed by atoms with Gasteiger partial charge < -0.3 is 5.73 Å². The molecular formula is C16H19N3S. The number of nitrogens with zero attached hydrogens (tertiary/aromatic N) is 2. The standard InChI is InChI=1S/C16H19N3S/c1-5-13-14(12-7-6-9(2)8-10(12)3)19-15(17)11(4)18-16(19)20-13/h6-8H,5,17H2,1-4H3. The fourth-order valence-corrected chi connectivity index (χ4v) is 3.80. The van der Waals surface area contributed by atoms with Crippen LogP contribution in [0.2, 0.25) is 0 Å². The molecule has 3 aromatic rings. The van der Waals surface area contributed by atoms with Crippen LogP contribution in [0.5, 0.6) is 0 Å². The van der Waals surface area contributed by atoms with Crippen molar-refractivity contribution in [2.24, 2.45) is 0 Å². The first-order valence-electron chi connectivity index (χ1n) is 6.86. The molecule has 0 amide bonds. The molecule has 0 aliphatic heterocycles. The zero-order valence-corrected chi connectivity index (χ0v) is 13.1. The van der Waals surface area contributed by atoms with E-state index in [0.717, 1.165) is 22.9 Å². The molecule has 0 spiro atoms. The van der Waals surface area contributed by atoms with Gasteiger partial charge in [-0.15, -0.1) is 11.3 Å². The fourth-order valence-electron chi connectivity index (χ4n) is 2.67. The molecule has 4 heteroatoms. The summed E-state index contributed by atoms with van der Waals surface area (Å²) in [6.45, 7) is 8.43. The van der Waals surface area contributed by atoms with E-state index in [9.17, 15) is 0 Å². The Labute approximate surface area is 123 Å². The molecule has 2 aromatic heterocycles. The van der Waals surface area contributed by atoms with Gasteiger partial charge in [-0.2, -0.15) is 0 Å². The minimum absolute atomic E-state index is 0.755. The van der Waals surface area contributed by atoms with Gasteiger partial charge in [0.1, 0.15) is 5.82 Å². The van der Waals surface area contributed by atoms with Crippen molar-refractivity contribution in [2.45, 2.75) is 34.1 Å². The number of benzene rings is 1. The Balaban J connectivity index is 2.38. The van der Waals surface area contributed by atoms with Crippen molar-refractivity contribution in [3.63, 3.8) is 0 Å². The molecule has 0 saturated carbocycles. The van der Waals surface area contributed by atoms with Crippen LogP contribution in [-0.2, 0) is 6.42 Å². The van der Waals surface area contributed by atoms with E-state index in [4.69, 9.17) is 5.73 Å². The number of hydrogen-bond acceptors (Lipinski definition) is 3. The van der Waals surface area contributed by atoms with Gasteiger partial charge in [-0.3, -0.25) is 4.40 Å². The maximum atomic E-state index is 6.23. The molecule has 0 saturated heterocycles. The van der Waals surface area contributed by atoms with Gasteiger partial charge in [0, 0.05) is 10.4 Å². The van der Waals surface area contributed by atoms with Gasteiger partial charge >= 0.3 is 0 Å². The minimum Gasteiger partial charge on any atom is -0.383 e. The third-order valence-corrected chi connectivity index (χ3v) is 4.91. The van der Waals surface area contributed by atoms with Crippen molar-refractivity contribution >= 4 is 22.1 Å². The number of aryl methyl sites for hydroxylation is 4. The summed E-state index contributed by atoms with van der Waals surface area (Å²) in [5.74, 6) is 0.755. The Morgan fingerprint density at radius 1 is 1.25 bits per heavy atom. The van der Waals surface area contributed by atoms with Crippen molar-refractivity contribution in [2.75, 3.05) is 5.73 Å². The Bertz CT molecular complexity index is 796. The van der Waals surface area contributed by atoms with Crippen LogP contribution in [0.4, 0.5) is 5.82 Å². The van der Waals surface area contributed by atoms with E-state index in [0.29, 0.717) is 0 Å². The summed E-state index contributed by atoms with van der Waals surface area (Å²) in [5.41, 5.74) is 12.2. The maximum Gasteiger partial charge on any atom is 0.196 e. The molecule has 0 bridgehead atoms. The number of imidazole rings is 1. The van der Waals surface area contributed by atoms with E-state index in [1.807, 2.05) is 6.92 Å². The zero-order valence-electron chi connectivity index (χ0n) is 12.3. The Kier molecular flexibility index (Phi) is 3.05. The number of rotatable bonds is 2. The van der Waals surface area contributed by atoms with Crippen LogP contribution in [0.15, 0.2) is 18.2 Å². The first-order valence-corrected chi connectivity index (χ1v) is 7.68. The lowest BCUT2D eigenvalue weighted by Crippen LogP contribution is -1.98. The number of hydrogen-bond donors (Lipinski definition) is 1.